The molecular formula is C8H7F6NO4S3. The van der Waals surface area contributed by atoms with Gasteiger partial charge >= 0.3 is 31.1 Å². The van der Waals surface area contributed by atoms with Crippen molar-refractivity contribution < 1.29 is 43.2 Å². The molecule has 1 rings (SSSR count). The molecule has 0 radical (unpaired) electrons. The highest BCUT2D eigenvalue weighted by molar-refractivity contribution is 8.05. The molecule has 0 aliphatic rings. The van der Waals surface area contributed by atoms with Gasteiger partial charge in [0.2, 0.25) is 0 Å². The zero-order valence-electron chi connectivity index (χ0n) is 10.1. The van der Waals surface area contributed by atoms with Crippen LogP contribution in [0.3, 0.4) is 0 Å². The average molecular weight is 391 g/mol. The topological polar surface area (TPSA) is 80.3 Å². The number of alkyl halides is 6. The fourth-order valence-corrected chi connectivity index (χ4v) is 2.75. The van der Waals surface area contributed by atoms with E-state index in [1.165, 1.54) is 0 Å². The number of nitrogens with one attached hydrogen (secondary N) is 1. The molecule has 0 fully saturated rings. The summed E-state index contributed by atoms with van der Waals surface area (Å²) >= 11 is 4.08. The van der Waals surface area contributed by atoms with Gasteiger partial charge in [-0.1, -0.05) is 22.3 Å². The van der Waals surface area contributed by atoms with E-state index < -0.39 is 35.2 Å². The van der Waals surface area contributed by atoms with Crippen LogP contribution in [-0.4, -0.2) is 27.9 Å². The largest absolute Gasteiger partial charge is 0.512 e. The highest BCUT2D eigenvalue weighted by atomic mass is 32.3. The molecule has 0 saturated carbocycles. The Balaban J connectivity index is 0.000000518. The molecule has 0 bridgehead atoms. The molecule has 0 heterocycles. The standard InChI is InChI=1S/C6H6S.C2HF6NO4S2/c7-6-4-2-1-3-5-6;3-1(4,5)14(10,11)9-15(12,13)2(6,7)8/h1-5,7H;9H. The number of rotatable bonds is 2. The van der Waals surface area contributed by atoms with Gasteiger partial charge in [0.15, 0.2) is 0 Å². The molecule has 1 aromatic rings. The fourth-order valence-electron chi connectivity index (χ4n) is 0.667. The van der Waals surface area contributed by atoms with E-state index in [-0.39, 0.29) is 0 Å². The highest BCUT2D eigenvalue weighted by Crippen LogP contribution is 2.27. The van der Waals surface area contributed by atoms with Crippen LogP contribution in [0.5, 0.6) is 0 Å². The van der Waals surface area contributed by atoms with Crippen LogP contribution < -0.4 is 4.13 Å². The maximum Gasteiger partial charge on any atom is 0.512 e. The van der Waals surface area contributed by atoms with Gasteiger partial charge in [-0.15, -0.1) is 12.6 Å². The zero-order valence-corrected chi connectivity index (χ0v) is 12.6. The third-order valence-electron chi connectivity index (χ3n) is 1.59. The van der Waals surface area contributed by atoms with E-state index >= 15 is 0 Å². The first-order valence-corrected chi connectivity index (χ1v) is 8.16. The summed E-state index contributed by atoms with van der Waals surface area (Å²) in [6.45, 7) is 0. The van der Waals surface area contributed by atoms with E-state index in [2.05, 4.69) is 12.6 Å². The molecule has 1 aromatic carbocycles. The van der Waals surface area contributed by atoms with Crippen LogP contribution in [0.25, 0.3) is 0 Å². The second-order valence-corrected chi connectivity index (χ2v) is 7.44. The smallest absolute Gasteiger partial charge is 0.202 e. The Hall–Kier alpha value is -0.990. The summed E-state index contributed by atoms with van der Waals surface area (Å²) in [5.74, 6) is 0. The number of benzene rings is 1. The molecule has 0 spiro atoms. The summed E-state index contributed by atoms with van der Waals surface area (Å²) in [4.78, 5) is 1.02. The molecule has 0 unspecified atom stereocenters. The van der Waals surface area contributed by atoms with Crippen LogP contribution >= 0.6 is 12.6 Å². The lowest BCUT2D eigenvalue weighted by molar-refractivity contribution is -0.0476. The molecule has 0 aromatic heterocycles. The monoisotopic (exact) mass is 391 g/mol. The van der Waals surface area contributed by atoms with Gasteiger partial charge in [0.1, 0.15) is 0 Å². The Bertz CT molecular complexity index is 639. The minimum atomic E-state index is -6.60. The summed E-state index contributed by atoms with van der Waals surface area (Å²) in [5.41, 5.74) is -12.3. The van der Waals surface area contributed by atoms with E-state index in [0.717, 1.165) is 4.90 Å². The Morgan fingerprint density at radius 1 is 0.773 bits per heavy atom. The minimum Gasteiger partial charge on any atom is -0.202 e. The molecule has 0 amide bonds. The summed E-state index contributed by atoms with van der Waals surface area (Å²) in [6, 6.07) is 9.79. The first kappa shape index (κ1) is 21.0. The van der Waals surface area contributed by atoms with Crippen LogP contribution in [0.4, 0.5) is 26.3 Å². The lowest BCUT2D eigenvalue weighted by Crippen LogP contribution is -2.45. The van der Waals surface area contributed by atoms with Gasteiger partial charge in [-0.3, -0.25) is 0 Å². The van der Waals surface area contributed by atoms with Crippen molar-refractivity contribution in [2.75, 3.05) is 0 Å². The van der Waals surface area contributed by atoms with Crippen molar-refractivity contribution in [1.29, 1.82) is 0 Å². The van der Waals surface area contributed by atoms with Gasteiger partial charge in [0, 0.05) is 4.90 Å². The SMILES string of the molecule is O=S(=O)(NS(=O)(=O)C(F)(F)F)C(F)(F)F.Sc1ccccc1. The highest BCUT2D eigenvalue weighted by Gasteiger charge is 2.55. The second-order valence-electron chi connectivity index (χ2n) is 3.32. The normalized spacial score (nSPS) is 13.2. The van der Waals surface area contributed by atoms with Crippen molar-refractivity contribution in [3.05, 3.63) is 30.3 Å². The Morgan fingerprint density at radius 2 is 1.09 bits per heavy atom. The van der Waals surface area contributed by atoms with Crippen molar-refractivity contribution in [2.24, 2.45) is 0 Å². The van der Waals surface area contributed by atoms with Crippen molar-refractivity contribution in [1.82, 2.24) is 4.13 Å². The van der Waals surface area contributed by atoms with Crippen LogP contribution in [0.2, 0.25) is 0 Å². The summed E-state index contributed by atoms with van der Waals surface area (Å²) in [6.07, 6.45) is 0. The van der Waals surface area contributed by atoms with E-state index in [1.54, 1.807) is 0 Å². The first-order valence-electron chi connectivity index (χ1n) is 4.75. The third-order valence-corrected chi connectivity index (χ3v) is 4.86. The lowest BCUT2D eigenvalue weighted by Gasteiger charge is -2.11. The third kappa shape index (κ3) is 6.41. The maximum absolute atomic E-state index is 11.5. The van der Waals surface area contributed by atoms with Gasteiger partial charge in [0.05, 0.1) is 0 Å². The van der Waals surface area contributed by atoms with Gasteiger partial charge < -0.3 is 0 Å². The van der Waals surface area contributed by atoms with Gasteiger partial charge in [0.25, 0.3) is 0 Å². The Labute approximate surface area is 126 Å². The zero-order chi connectivity index (χ0) is 17.8. The van der Waals surface area contributed by atoms with Crippen molar-refractivity contribution in [3.8, 4) is 0 Å². The molecule has 14 heteroatoms. The number of halogens is 6. The van der Waals surface area contributed by atoms with E-state index in [0.29, 0.717) is 0 Å². The van der Waals surface area contributed by atoms with Crippen LogP contribution in [0, 0.1) is 0 Å². The number of hydrogen-bond donors (Lipinski definition) is 2. The molecule has 22 heavy (non-hydrogen) atoms. The van der Waals surface area contributed by atoms with Crippen molar-refractivity contribution in [2.45, 2.75) is 15.9 Å². The van der Waals surface area contributed by atoms with Crippen molar-refractivity contribution >= 4 is 32.7 Å². The van der Waals surface area contributed by atoms with Crippen LogP contribution in [0.15, 0.2) is 35.2 Å². The Morgan fingerprint density at radius 3 is 1.27 bits per heavy atom. The number of thiol groups is 1. The number of hydrogen-bond acceptors (Lipinski definition) is 5. The number of sulfonamides is 2. The van der Waals surface area contributed by atoms with E-state index in [9.17, 15) is 43.2 Å². The minimum absolute atomic E-state index is 0.493. The van der Waals surface area contributed by atoms with E-state index in [1.807, 2.05) is 30.3 Å². The quantitative estimate of drug-likeness (QED) is 0.599. The summed E-state index contributed by atoms with van der Waals surface area (Å²) in [5, 5.41) is 0. The predicted molar refractivity (Wildman–Crippen MR) is 66.8 cm³/mol. The first-order chi connectivity index (χ1) is 9.60. The molecular weight excluding hydrogens is 384 g/mol. The fraction of sp³-hybridized carbons (Fsp3) is 0.250. The van der Waals surface area contributed by atoms with Crippen LogP contribution in [-0.2, 0) is 20.0 Å². The molecule has 0 aliphatic carbocycles. The van der Waals surface area contributed by atoms with Gasteiger partial charge in [-0.25, -0.2) is 16.8 Å². The van der Waals surface area contributed by atoms with E-state index in [4.69, 9.17) is 0 Å². The average Bonchev–Trinajstić information content (AvgIpc) is 2.26. The summed E-state index contributed by atoms with van der Waals surface area (Å²) in [7, 11) is -13.2. The summed E-state index contributed by atoms with van der Waals surface area (Å²) < 4.78 is 108. The molecule has 128 valence electrons. The van der Waals surface area contributed by atoms with Gasteiger partial charge in [-0.05, 0) is 12.1 Å². The second kappa shape index (κ2) is 7.06. The van der Waals surface area contributed by atoms with Crippen LogP contribution in [0.1, 0.15) is 0 Å². The molecule has 0 aliphatic heterocycles. The molecule has 5 nitrogen and oxygen atoms in total. The Kier molecular flexibility index (Phi) is 6.74. The molecule has 1 N–H and O–H groups in total. The predicted octanol–water partition coefficient (Wildman–Crippen LogP) is 2.25. The van der Waals surface area contributed by atoms with Gasteiger partial charge in [-0.2, -0.15) is 26.3 Å². The molecule has 0 atom stereocenters. The van der Waals surface area contributed by atoms with Crippen molar-refractivity contribution in [3.63, 3.8) is 0 Å². The molecule has 0 saturated heterocycles. The lowest BCUT2D eigenvalue weighted by atomic mass is 10.4. The maximum atomic E-state index is 11.5.